The van der Waals surface area contributed by atoms with Crippen molar-refractivity contribution in [2.24, 2.45) is 0 Å². The van der Waals surface area contributed by atoms with E-state index in [0.29, 0.717) is 32.4 Å². The highest BCUT2D eigenvalue weighted by Crippen LogP contribution is 2.44. The van der Waals surface area contributed by atoms with Gasteiger partial charge in [-0.1, -0.05) is 76.6 Å². The molecule has 0 aromatic heterocycles. The maximum atomic E-state index is 13.2. The van der Waals surface area contributed by atoms with Gasteiger partial charge in [0.2, 0.25) is 0 Å². The van der Waals surface area contributed by atoms with Crippen molar-refractivity contribution in [2.75, 3.05) is 26.3 Å². The van der Waals surface area contributed by atoms with Crippen molar-refractivity contribution in [3.63, 3.8) is 0 Å². The minimum atomic E-state index is -1.01. The van der Waals surface area contributed by atoms with Gasteiger partial charge < -0.3 is 19.5 Å². The van der Waals surface area contributed by atoms with Crippen LogP contribution in [0.5, 0.6) is 0 Å². The van der Waals surface area contributed by atoms with E-state index in [1.54, 1.807) is 4.90 Å². The zero-order chi connectivity index (χ0) is 25.1. The van der Waals surface area contributed by atoms with Crippen LogP contribution < -0.4 is 0 Å². The monoisotopic (exact) mass is 549 g/mol. The number of nitrogens with zero attached hydrogens (tertiary/aromatic N) is 1. The third kappa shape index (κ3) is 4.90. The predicted molar refractivity (Wildman–Crippen MR) is 140 cm³/mol. The molecule has 36 heavy (non-hydrogen) atoms. The van der Waals surface area contributed by atoms with Crippen LogP contribution in [0.2, 0.25) is 0 Å². The summed E-state index contributed by atoms with van der Waals surface area (Å²) < 4.78 is 12.8. The molecule has 0 radical (unpaired) electrons. The van der Waals surface area contributed by atoms with E-state index in [2.05, 4.69) is 40.2 Å². The number of carboxylic acid groups (broad SMARTS) is 1. The van der Waals surface area contributed by atoms with Crippen LogP contribution in [-0.2, 0) is 19.9 Å². The molecular weight excluding hydrogens is 522 g/mol. The first-order valence-electron chi connectivity index (χ1n) is 12.2. The quantitative estimate of drug-likeness (QED) is 0.397. The molecule has 0 bridgehead atoms. The molecule has 1 saturated heterocycles. The maximum Gasteiger partial charge on any atom is 0.409 e. The van der Waals surface area contributed by atoms with Crippen molar-refractivity contribution in [3.05, 3.63) is 94.0 Å². The molecule has 5 rings (SSSR count). The summed E-state index contributed by atoms with van der Waals surface area (Å²) in [6, 6.07) is 24.3. The number of halogens is 1. The Labute approximate surface area is 219 Å². The summed E-state index contributed by atoms with van der Waals surface area (Å²) in [7, 11) is 0. The number of carbonyl (C=O) groups excluding carboxylic acids is 1. The van der Waals surface area contributed by atoms with Gasteiger partial charge >= 0.3 is 12.1 Å². The van der Waals surface area contributed by atoms with Gasteiger partial charge in [-0.2, -0.15) is 0 Å². The van der Waals surface area contributed by atoms with E-state index >= 15 is 0 Å². The van der Waals surface area contributed by atoms with Crippen molar-refractivity contribution < 1.29 is 24.2 Å². The lowest BCUT2D eigenvalue weighted by Crippen LogP contribution is -2.36. The van der Waals surface area contributed by atoms with E-state index in [-0.39, 0.29) is 25.2 Å². The van der Waals surface area contributed by atoms with Crippen LogP contribution in [0, 0.1) is 0 Å². The molecule has 2 aliphatic rings. The van der Waals surface area contributed by atoms with E-state index in [4.69, 9.17) is 9.47 Å². The Hall–Kier alpha value is -3.16. The van der Waals surface area contributed by atoms with Crippen molar-refractivity contribution in [1.82, 2.24) is 4.90 Å². The van der Waals surface area contributed by atoms with Gasteiger partial charge in [0.15, 0.2) is 0 Å². The maximum absolute atomic E-state index is 13.2. The molecule has 1 amide bonds. The first kappa shape index (κ1) is 24.5. The zero-order valence-electron chi connectivity index (χ0n) is 19.9. The smallest absolute Gasteiger partial charge is 0.409 e. The van der Waals surface area contributed by atoms with Crippen LogP contribution in [0.15, 0.2) is 77.3 Å². The predicted octanol–water partition coefficient (Wildman–Crippen LogP) is 6.18. The van der Waals surface area contributed by atoms with Crippen LogP contribution in [0.4, 0.5) is 4.79 Å². The van der Waals surface area contributed by atoms with E-state index in [1.165, 1.54) is 22.3 Å². The van der Waals surface area contributed by atoms with Crippen molar-refractivity contribution in [1.29, 1.82) is 0 Å². The molecule has 1 heterocycles. The first-order valence-corrected chi connectivity index (χ1v) is 13.0. The summed E-state index contributed by atoms with van der Waals surface area (Å²) in [5.74, 6) is -1.00. The highest BCUT2D eigenvalue weighted by atomic mass is 79.9. The van der Waals surface area contributed by atoms with Crippen molar-refractivity contribution in [2.45, 2.75) is 30.8 Å². The molecule has 1 fully saturated rings. The largest absolute Gasteiger partial charge is 0.480 e. The Balaban J connectivity index is 1.28. The summed E-state index contributed by atoms with van der Waals surface area (Å²) in [5.41, 5.74) is 4.90. The van der Waals surface area contributed by atoms with Crippen LogP contribution in [0.3, 0.4) is 0 Å². The second kappa shape index (κ2) is 10.4. The van der Waals surface area contributed by atoms with Crippen molar-refractivity contribution >= 4 is 28.0 Å². The summed E-state index contributed by atoms with van der Waals surface area (Å²) in [4.78, 5) is 26.2. The molecule has 186 valence electrons. The number of carbonyl (C=O) groups is 2. The first-order chi connectivity index (χ1) is 17.5. The van der Waals surface area contributed by atoms with Gasteiger partial charge in [0.05, 0.1) is 5.60 Å². The molecule has 1 atom stereocenters. The number of ether oxygens (including phenoxy) is 2. The minimum absolute atomic E-state index is 0.00841. The van der Waals surface area contributed by atoms with Crippen LogP contribution >= 0.6 is 15.9 Å². The number of hydrogen-bond acceptors (Lipinski definition) is 4. The fourth-order valence-electron chi connectivity index (χ4n) is 5.45. The van der Waals surface area contributed by atoms with Gasteiger partial charge in [0.25, 0.3) is 0 Å². The highest BCUT2D eigenvalue weighted by molar-refractivity contribution is 9.10. The van der Waals surface area contributed by atoms with Gasteiger partial charge in [0, 0.05) is 23.5 Å². The molecule has 1 N–H and O–H groups in total. The van der Waals surface area contributed by atoms with Gasteiger partial charge in [-0.25, -0.2) is 9.59 Å². The number of rotatable bonds is 6. The third-order valence-corrected chi connectivity index (χ3v) is 7.76. The molecule has 7 heteroatoms. The number of likely N-dealkylation sites (tertiary alicyclic amines) is 1. The van der Waals surface area contributed by atoms with Gasteiger partial charge in [-0.05, 0) is 59.2 Å². The van der Waals surface area contributed by atoms with Crippen molar-refractivity contribution in [3.8, 4) is 11.1 Å². The standard InChI is InChI=1S/C29H28BrNO5/c30-21-12-10-20(11-13-21)29(36-19-27(32)33)14-5-16-31(17-15-29)28(34)35-18-26-24-8-3-1-6-22(24)23-7-2-4-9-25(23)26/h1-4,6-13,26H,5,14-19H2,(H,32,33). The van der Waals surface area contributed by atoms with E-state index in [0.717, 1.165) is 10.0 Å². The summed E-state index contributed by atoms with van der Waals surface area (Å²) in [6.45, 7) is 0.843. The van der Waals surface area contributed by atoms with E-state index < -0.39 is 11.6 Å². The molecule has 1 unspecified atom stereocenters. The Morgan fingerprint density at radius 2 is 1.56 bits per heavy atom. The van der Waals surface area contributed by atoms with E-state index in [9.17, 15) is 14.7 Å². The number of carboxylic acids is 1. The third-order valence-electron chi connectivity index (χ3n) is 7.23. The van der Waals surface area contributed by atoms with Crippen LogP contribution in [-0.4, -0.2) is 48.4 Å². The van der Waals surface area contributed by atoms with Gasteiger partial charge in [0.1, 0.15) is 13.2 Å². The highest BCUT2D eigenvalue weighted by Gasteiger charge is 2.38. The SMILES string of the molecule is O=C(O)COC1(c2ccc(Br)cc2)CCCN(C(=O)OCC2c3ccccc3-c3ccccc32)CC1. The van der Waals surface area contributed by atoms with Gasteiger partial charge in [-0.15, -0.1) is 0 Å². The second-order valence-corrected chi connectivity index (χ2v) is 10.2. The molecule has 0 spiro atoms. The minimum Gasteiger partial charge on any atom is -0.480 e. The summed E-state index contributed by atoms with van der Waals surface area (Å²) in [6.07, 6.45) is 1.45. The average Bonchev–Trinajstić information content (AvgIpc) is 3.04. The topological polar surface area (TPSA) is 76.1 Å². The van der Waals surface area contributed by atoms with E-state index in [1.807, 2.05) is 48.5 Å². The summed E-state index contributed by atoms with van der Waals surface area (Å²) >= 11 is 3.45. The lowest BCUT2D eigenvalue weighted by atomic mass is 9.86. The number of hydrogen-bond donors (Lipinski definition) is 1. The lowest BCUT2D eigenvalue weighted by molar-refractivity contribution is -0.151. The molecule has 1 aliphatic heterocycles. The molecule has 0 saturated carbocycles. The average molecular weight is 550 g/mol. The Bertz CT molecular complexity index is 1220. The number of benzene rings is 3. The Morgan fingerprint density at radius 1 is 0.917 bits per heavy atom. The molecular formula is C29H28BrNO5. The van der Waals surface area contributed by atoms with Gasteiger partial charge in [-0.3, -0.25) is 0 Å². The number of aliphatic carboxylic acids is 1. The lowest BCUT2D eigenvalue weighted by Gasteiger charge is -2.33. The second-order valence-electron chi connectivity index (χ2n) is 9.33. The number of amides is 1. The van der Waals surface area contributed by atoms with Crippen LogP contribution in [0.1, 0.15) is 41.9 Å². The molecule has 1 aliphatic carbocycles. The fraction of sp³-hybridized carbons (Fsp3) is 0.310. The molecule has 3 aromatic rings. The normalized spacial score (nSPS) is 19.3. The van der Waals surface area contributed by atoms with Crippen LogP contribution in [0.25, 0.3) is 11.1 Å². The Kier molecular flexibility index (Phi) is 7.12. The Morgan fingerprint density at radius 3 is 2.19 bits per heavy atom. The molecule has 3 aromatic carbocycles. The number of fused-ring (bicyclic) bond motifs is 3. The fourth-order valence-corrected chi connectivity index (χ4v) is 5.71. The molecule has 6 nitrogen and oxygen atoms in total. The zero-order valence-corrected chi connectivity index (χ0v) is 21.4. The summed E-state index contributed by atoms with van der Waals surface area (Å²) in [5, 5.41) is 9.26.